The van der Waals surface area contributed by atoms with Crippen molar-refractivity contribution in [2.24, 2.45) is 0 Å². The maximum absolute atomic E-state index is 11.7. The summed E-state index contributed by atoms with van der Waals surface area (Å²) in [5.41, 5.74) is 0. The number of carbonyl (C=O) groups excluding carboxylic acids is 1. The smallest absolute Gasteiger partial charge is 0.232 e. The van der Waals surface area contributed by atoms with Crippen molar-refractivity contribution in [1.29, 1.82) is 0 Å². The van der Waals surface area contributed by atoms with Gasteiger partial charge in [0.1, 0.15) is 0 Å². The average molecular weight is 228 g/mol. The molecule has 0 radical (unpaired) electrons. The number of piperazine rings is 1. The second-order valence-corrected chi connectivity index (χ2v) is 4.65. The minimum Gasteiger partial charge on any atom is -0.339 e. The van der Waals surface area contributed by atoms with Crippen LogP contribution in [-0.2, 0) is 4.79 Å². The number of nitrogens with zero attached hydrogens (tertiary/aromatic N) is 2. The molecule has 1 amide bonds. The third kappa shape index (κ3) is 4.26. The molecule has 3 nitrogen and oxygen atoms in total. The van der Waals surface area contributed by atoms with Gasteiger partial charge in [0.05, 0.1) is 5.75 Å². The van der Waals surface area contributed by atoms with E-state index in [4.69, 9.17) is 0 Å². The van der Waals surface area contributed by atoms with E-state index >= 15 is 0 Å². The van der Waals surface area contributed by atoms with Crippen LogP contribution in [0.5, 0.6) is 0 Å². The molecule has 1 aliphatic rings. The molecule has 0 aromatic heterocycles. The summed E-state index contributed by atoms with van der Waals surface area (Å²) in [6.07, 6.45) is 1.84. The van der Waals surface area contributed by atoms with Gasteiger partial charge in [-0.3, -0.25) is 4.79 Å². The molecule has 0 aliphatic carbocycles. The summed E-state index contributed by atoms with van der Waals surface area (Å²) in [4.78, 5) is 16.1. The zero-order valence-electron chi connectivity index (χ0n) is 9.45. The van der Waals surface area contributed by atoms with Crippen molar-refractivity contribution in [1.82, 2.24) is 9.80 Å². The van der Waals surface area contributed by atoms with Crippen molar-refractivity contribution in [2.45, 2.75) is 6.92 Å². The second kappa shape index (κ2) is 6.90. The zero-order valence-corrected chi connectivity index (χ0v) is 10.3. The van der Waals surface area contributed by atoms with Gasteiger partial charge in [-0.15, -0.1) is 18.3 Å². The van der Waals surface area contributed by atoms with Crippen molar-refractivity contribution in [3.05, 3.63) is 12.7 Å². The minimum atomic E-state index is 0.276. The second-order valence-electron chi connectivity index (χ2n) is 3.62. The predicted molar refractivity (Wildman–Crippen MR) is 66.2 cm³/mol. The molecule has 0 aromatic carbocycles. The summed E-state index contributed by atoms with van der Waals surface area (Å²) in [5, 5.41) is 0. The molecular formula is C11H20N2OS. The molecule has 15 heavy (non-hydrogen) atoms. The standard InChI is InChI=1S/C11H20N2OS/c1-3-9-15-10-11(14)13-7-5-12(4-2)6-8-13/h3H,1,4-10H2,2H3. The summed E-state index contributed by atoms with van der Waals surface area (Å²) in [7, 11) is 0. The van der Waals surface area contributed by atoms with E-state index in [0.717, 1.165) is 38.5 Å². The lowest BCUT2D eigenvalue weighted by molar-refractivity contribution is -0.130. The van der Waals surface area contributed by atoms with Crippen LogP contribution in [0.2, 0.25) is 0 Å². The van der Waals surface area contributed by atoms with Crippen molar-refractivity contribution >= 4 is 17.7 Å². The molecule has 1 saturated heterocycles. The van der Waals surface area contributed by atoms with Crippen LogP contribution in [-0.4, -0.2) is 59.9 Å². The Bertz CT molecular complexity index is 213. The Balaban J connectivity index is 2.20. The first-order chi connectivity index (χ1) is 7.27. The van der Waals surface area contributed by atoms with Gasteiger partial charge in [-0.25, -0.2) is 0 Å². The summed E-state index contributed by atoms with van der Waals surface area (Å²) >= 11 is 1.64. The first-order valence-electron chi connectivity index (χ1n) is 5.46. The molecule has 1 fully saturated rings. The van der Waals surface area contributed by atoms with Gasteiger partial charge in [-0.1, -0.05) is 13.0 Å². The Morgan fingerprint density at radius 2 is 2.07 bits per heavy atom. The van der Waals surface area contributed by atoms with Gasteiger partial charge in [-0.2, -0.15) is 0 Å². The van der Waals surface area contributed by atoms with E-state index in [1.165, 1.54) is 0 Å². The first-order valence-corrected chi connectivity index (χ1v) is 6.62. The molecule has 0 bridgehead atoms. The van der Waals surface area contributed by atoms with Gasteiger partial charge >= 0.3 is 0 Å². The lowest BCUT2D eigenvalue weighted by Crippen LogP contribution is -2.49. The van der Waals surface area contributed by atoms with Crippen LogP contribution in [0, 0.1) is 0 Å². The molecule has 1 rings (SSSR count). The number of hydrogen-bond acceptors (Lipinski definition) is 3. The average Bonchev–Trinajstić information content (AvgIpc) is 2.29. The molecule has 0 spiro atoms. The molecule has 0 aromatic rings. The van der Waals surface area contributed by atoms with E-state index in [-0.39, 0.29) is 5.91 Å². The first kappa shape index (κ1) is 12.6. The highest BCUT2D eigenvalue weighted by molar-refractivity contribution is 8.00. The maximum Gasteiger partial charge on any atom is 0.232 e. The van der Waals surface area contributed by atoms with Crippen LogP contribution in [0.15, 0.2) is 12.7 Å². The zero-order chi connectivity index (χ0) is 11.1. The number of hydrogen-bond donors (Lipinski definition) is 0. The SMILES string of the molecule is C=CCSCC(=O)N1CCN(CC)CC1. The number of thioether (sulfide) groups is 1. The van der Waals surface area contributed by atoms with Crippen LogP contribution in [0.4, 0.5) is 0 Å². The normalized spacial score (nSPS) is 17.8. The lowest BCUT2D eigenvalue weighted by atomic mass is 10.3. The molecule has 1 aliphatic heterocycles. The Hall–Kier alpha value is -0.480. The van der Waals surface area contributed by atoms with E-state index in [1.54, 1.807) is 11.8 Å². The maximum atomic E-state index is 11.7. The summed E-state index contributed by atoms with van der Waals surface area (Å²) < 4.78 is 0. The fourth-order valence-electron chi connectivity index (χ4n) is 1.63. The van der Waals surface area contributed by atoms with Crippen LogP contribution >= 0.6 is 11.8 Å². The highest BCUT2D eigenvalue weighted by Crippen LogP contribution is 2.06. The van der Waals surface area contributed by atoms with Crippen LogP contribution in [0.3, 0.4) is 0 Å². The van der Waals surface area contributed by atoms with Gasteiger partial charge in [-0.05, 0) is 6.54 Å². The molecule has 0 N–H and O–H groups in total. The molecule has 0 unspecified atom stereocenters. The molecular weight excluding hydrogens is 208 g/mol. The molecule has 86 valence electrons. The largest absolute Gasteiger partial charge is 0.339 e. The van der Waals surface area contributed by atoms with Gasteiger partial charge in [0.2, 0.25) is 5.91 Å². The quantitative estimate of drug-likeness (QED) is 0.519. The van der Waals surface area contributed by atoms with Gasteiger partial charge in [0, 0.05) is 31.9 Å². The van der Waals surface area contributed by atoms with E-state index in [2.05, 4.69) is 18.4 Å². The number of amides is 1. The van der Waals surface area contributed by atoms with E-state index in [0.29, 0.717) is 5.75 Å². The molecule has 0 atom stereocenters. The highest BCUT2D eigenvalue weighted by atomic mass is 32.2. The van der Waals surface area contributed by atoms with Crippen LogP contribution < -0.4 is 0 Å². The monoisotopic (exact) mass is 228 g/mol. The number of likely N-dealkylation sites (N-methyl/N-ethyl adjacent to an activating group) is 1. The van der Waals surface area contributed by atoms with E-state index in [1.807, 2.05) is 11.0 Å². The molecule has 4 heteroatoms. The summed E-state index contributed by atoms with van der Waals surface area (Å²) in [6.45, 7) is 10.7. The Kier molecular flexibility index (Phi) is 5.79. The Morgan fingerprint density at radius 1 is 1.40 bits per heavy atom. The van der Waals surface area contributed by atoms with E-state index < -0.39 is 0 Å². The van der Waals surface area contributed by atoms with Crippen molar-refractivity contribution in [3.8, 4) is 0 Å². The fraction of sp³-hybridized carbons (Fsp3) is 0.727. The third-order valence-electron chi connectivity index (χ3n) is 2.63. The van der Waals surface area contributed by atoms with Crippen LogP contribution in [0.25, 0.3) is 0 Å². The highest BCUT2D eigenvalue weighted by Gasteiger charge is 2.19. The molecule has 1 heterocycles. The Labute approximate surface area is 96.5 Å². The summed E-state index contributed by atoms with van der Waals surface area (Å²) in [5.74, 6) is 1.73. The lowest BCUT2D eigenvalue weighted by Gasteiger charge is -2.34. The van der Waals surface area contributed by atoms with Crippen LogP contribution in [0.1, 0.15) is 6.92 Å². The minimum absolute atomic E-state index is 0.276. The number of rotatable bonds is 5. The predicted octanol–water partition coefficient (Wildman–Crippen LogP) is 1.07. The number of carbonyl (C=O) groups is 1. The third-order valence-corrected chi connectivity index (χ3v) is 3.56. The molecule has 0 saturated carbocycles. The fourth-order valence-corrected chi connectivity index (χ4v) is 2.28. The van der Waals surface area contributed by atoms with Crippen molar-refractivity contribution in [3.63, 3.8) is 0 Å². The summed E-state index contributed by atoms with van der Waals surface area (Å²) in [6, 6.07) is 0. The van der Waals surface area contributed by atoms with Crippen molar-refractivity contribution < 1.29 is 4.79 Å². The van der Waals surface area contributed by atoms with Gasteiger partial charge in [0.25, 0.3) is 0 Å². The van der Waals surface area contributed by atoms with E-state index in [9.17, 15) is 4.79 Å². The van der Waals surface area contributed by atoms with Gasteiger partial charge < -0.3 is 9.80 Å². The topological polar surface area (TPSA) is 23.6 Å². The van der Waals surface area contributed by atoms with Gasteiger partial charge in [0.15, 0.2) is 0 Å². The Morgan fingerprint density at radius 3 is 2.60 bits per heavy atom. The van der Waals surface area contributed by atoms with Crippen molar-refractivity contribution in [2.75, 3.05) is 44.2 Å².